The van der Waals surface area contributed by atoms with Gasteiger partial charge in [0.1, 0.15) is 22.3 Å². The molecule has 5 aromatic rings. The van der Waals surface area contributed by atoms with E-state index in [-0.39, 0.29) is 34.0 Å². The smallest absolute Gasteiger partial charge is 0.305 e. The molecule has 0 saturated carbocycles. The van der Waals surface area contributed by atoms with Crippen LogP contribution in [0.25, 0.3) is 26.5 Å². The number of nitro groups is 1. The van der Waals surface area contributed by atoms with Crippen molar-refractivity contribution in [2.75, 3.05) is 31.7 Å². The van der Waals surface area contributed by atoms with E-state index in [0.29, 0.717) is 16.0 Å². The van der Waals surface area contributed by atoms with Gasteiger partial charge in [0, 0.05) is 36.2 Å². The van der Waals surface area contributed by atoms with Crippen LogP contribution >= 0.6 is 11.3 Å². The lowest BCUT2D eigenvalue weighted by atomic mass is 10.1. The number of aromatic nitrogens is 3. The van der Waals surface area contributed by atoms with Crippen molar-refractivity contribution in [3.63, 3.8) is 0 Å². The minimum Gasteiger partial charge on any atom is -0.305 e. The van der Waals surface area contributed by atoms with Gasteiger partial charge in [0.15, 0.2) is 0 Å². The highest BCUT2D eigenvalue weighted by Gasteiger charge is 2.26. The fourth-order valence-electron chi connectivity index (χ4n) is 4.77. The van der Waals surface area contributed by atoms with Gasteiger partial charge in [-0.1, -0.05) is 6.07 Å². The number of thiophene rings is 1. The summed E-state index contributed by atoms with van der Waals surface area (Å²) in [5.41, 5.74) is -1.02. The number of nitro benzene ring substituents is 1. The number of benzene rings is 2. The number of nitrogens with zero attached hydrogens (tertiary/aromatic N) is 6. The normalized spacial score (nSPS) is 11.8. The number of halogens is 2. The molecule has 234 valence electrons. The van der Waals surface area contributed by atoms with Gasteiger partial charge in [0.05, 0.1) is 35.0 Å². The lowest BCUT2D eigenvalue weighted by Gasteiger charge is -2.17. The first-order chi connectivity index (χ1) is 21.2. The van der Waals surface area contributed by atoms with Crippen LogP contribution in [0.5, 0.6) is 0 Å². The molecular weight excluding hydrogens is 630 g/mol. The van der Waals surface area contributed by atoms with E-state index in [1.807, 2.05) is 0 Å². The van der Waals surface area contributed by atoms with E-state index in [1.54, 1.807) is 19.0 Å². The number of non-ortho nitro benzene ring substituents is 1. The summed E-state index contributed by atoms with van der Waals surface area (Å²) in [6, 6.07) is 11.7. The second-order valence-electron chi connectivity index (χ2n) is 10.4. The average Bonchev–Trinajstić information content (AvgIpc) is 3.34. The molecule has 0 atom stereocenters. The zero-order valence-corrected chi connectivity index (χ0v) is 26.0. The third kappa shape index (κ3) is 5.99. The molecule has 16 heteroatoms. The molecule has 3 aromatic heterocycles. The SMILES string of the molecule is CN(C)Cc1c(-c2ccc([N+](=O)[O-])cc2)sc2c1c(=O)n(-c1ccc(N(C)S(C)(=O)=O)cn1)c(=O)n2Cc1c(F)cccc1F. The van der Waals surface area contributed by atoms with Crippen LogP contribution in [-0.2, 0) is 23.1 Å². The molecule has 3 heterocycles. The molecule has 0 bridgehead atoms. The van der Waals surface area contributed by atoms with Crippen molar-refractivity contribution >= 4 is 43.0 Å². The highest BCUT2D eigenvalue weighted by Crippen LogP contribution is 2.38. The molecule has 0 radical (unpaired) electrons. The van der Waals surface area contributed by atoms with Crippen molar-refractivity contribution in [3.8, 4) is 16.3 Å². The molecule has 0 amide bonds. The first-order valence-corrected chi connectivity index (χ1v) is 15.9. The minimum atomic E-state index is -3.63. The van der Waals surface area contributed by atoms with Crippen molar-refractivity contribution in [1.29, 1.82) is 0 Å². The quantitative estimate of drug-likeness (QED) is 0.172. The molecule has 0 spiro atoms. The lowest BCUT2D eigenvalue weighted by molar-refractivity contribution is -0.384. The fraction of sp³-hybridized carbons (Fsp3) is 0.207. The predicted octanol–water partition coefficient (Wildman–Crippen LogP) is 3.97. The maximum Gasteiger partial charge on any atom is 0.338 e. The van der Waals surface area contributed by atoms with Crippen molar-refractivity contribution < 1.29 is 22.1 Å². The van der Waals surface area contributed by atoms with Crippen molar-refractivity contribution in [3.05, 3.63) is 115 Å². The Hall–Kier alpha value is -4.80. The van der Waals surface area contributed by atoms with E-state index in [2.05, 4.69) is 4.98 Å². The summed E-state index contributed by atoms with van der Waals surface area (Å²) >= 11 is 1.05. The van der Waals surface area contributed by atoms with Crippen LogP contribution in [0.2, 0.25) is 0 Å². The molecule has 0 aliphatic heterocycles. The Morgan fingerprint density at radius 2 is 1.62 bits per heavy atom. The van der Waals surface area contributed by atoms with E-state index in [9.17, 15) is 36.9 Å². The molecule has 5 rings (SSSR count). The third-order valence-electron chi connectivity index (χ3n) is 7.09. The highest BCUT2D eigenvalue weighted by atomic mass is 32.2. The van der Waals surface area contributed by atoms with E-state index in [1.165, 1.54) is 55.7 Å². The summed E-state index contributed by atoms with van der Waals surface area (Å²) in [5.74, 6) is -1.92. The van der Waals surface area contributed by atoms with Gasteiger partial charge in [0.25, 0.3) is 11.2 Å². The van der Waals surface area contributed by atoms with Crippen LogP contribution in [-0.4, -0.2) is 59.8 Å². The van der Waals surface area contributed by atoms with Crippen molar-refractivity contribution in [1.82, 2.24) is 19.0 Å². The molecule has 45 heavy (non-hydrogen) atoms. The topological polar surface area (TPSA) is 141 Å². The zero-order valence-electron chi connectivity index (χ0n) is 24.4. The molecule has 2 aromatic carbocycles. The number of hydrogen-bond acceptors (Lipinski definition) is 9. The summed E-state index contributed by atoms with van der Waals surface area (Å²) in [6.45, 7) is -0.357. The number of anilines is 1. The van der Waals surface area contributed by atoms with Crippen molar-refractivity contribution in [2.24, 2.45) is 0 Å². The maximum atomic E-state index is 14.9. The van der Waals surface area contributed by atoms with E-state index in [0.717, 1.165) is 43.2 Å². The van der Waals surface area contributed by atoms with E-state index >= 15 is 0 Å². The Bertz CT molecular complexity index is 2160. The largest absolute Gasteiger partial charge is 0.338 e. The van der Waals surface area contributed by atoms with Crippen LogP contribution in [0.4, 0.5) is 20.2 Å². The Morgan fingerprint density at radius 3 is 2.16 bits per heavy atom. The standard InChI is InChI=1S/C29H26F2N6O6S2/c1-33(2)15-21-25-27(38)36(24-13-12-19(14-32-24)34(3)45(4,42)43)29(39)35(16-20-22(30)6-5-7-23(20)31)28(25)44-26(21)17-8-10-18(11-9-17)37(40)41/h5-14H,15-16H2,1-4H3. The van der Waals surface area contributed by atoms with Crippen LogP contribution in [0.1, 0.15) is 11.1 Å². The first-order valence-electron chi connectivity index (χ1n) is 13.2. The van der Waals surface area contributed by atoms with Gasteiger partial charge < -0.3 is 4.90 Å². The van der Waals surface area contributed by atoms with Gasteiger partial charge >= 0.3 is 5.69 Å². The Labute approximate surface area is 259 Å². The van der Waals surface area contributed by atoms with Gasteiger partial charge in [0.2, 0.25) is 10.0 Å². The second kappa shape index (κ2) is 11.9. The van der Waals surface area contributed by atoms with E-state index < -0.39 is 49.9 Å². The Balaban J connectivity index is 1.84. The number of sulfonamides is 1. The highest BCUT2D eigenvalue weighted by molar-refractivity contribution is 7.92. The molecule has 0 aliphatic carbocycles. The minimum absolute atomic E-state index is 0.0949. The van der Waals surface area contributed by atoms with Gasteiger partial charge in [-0.15, -0.1) is 11.3 Å². The molecule has 0 saturated heterocycles. The Morgan fingerprint density at radius 1 is 0.978 bits per heavy atom. The molecule has 0 N–H and O–H groups in total. The molecule has 0 unspecified atom stereocenters. The van der Waals surface area contributed by atoms with Gasteiger partial charge in [-0.05, 0) is 61.6 Å². The number of hydrogen-bond donors (Lipinski definition) is 0. The molecule has 0 fully saturated rings. The number of rotatable bonds is 9. The molecular formula is C29H26F2N6O6S2. The lowest BCUT2D eigenvalue weighted by Crippen LogP contribution is -2.39. The number of fused-ring (bicyclic) bond motifs is 1. The summed E-state index contributed by atoms with van der Waals surface area (Å²) in [5, 5.41) is 11.4. The van der Waals surface area contributed by atoms with Gasteiger partial charge in [-0.25, -0.2) is 31.5 Å². The second-order valence-corrected chi connectivity index (χ2v) is 13.5. The zero-order chi connectivity index (χ0) is 32.8. The van der Waals surface area contributed by atoms with Gasteiger partial charge in [-0.2, -0.15) is 0 Å². The average molecular weight is 657 g/mol. The summed E-state index contributed by atoms with van der Waals surface area (Å²) < 4.78 is 56.6. The molecule has 12 nitrogen and oxygen atoms in total. The summed E-state index contributed by atoms with van der Waals surface area (Å²) in [4.78, 5) is 45.7. The van der Waals surface area contributed by atoms with Crippen molar-refractivity contribution in [2.45, 2.75) is 13.1 Å². The maximum absolute atomic E-state index is 14.9. The first kappa shape index (κ1) is 31.6. The van der Waals surface area contributed by atoms with Crippen LogP contribution in [0, 0.1) is 21.7 Å². The van der Waals surface area contributed by atoms with Crippen LogP contribution in [0.15, 0.2) is 70.4 Å². The summed E-state index contributed by atoms with van der Waals surface area (Å²) in [6.07, 6.45) is 2.19. The van der Waals surface area contributed by atoms with E-state index in [4.69, 9.17) is 0 Å². The van der Waals surface area contributed by atoms with Crippen LogP contribution < -0.4 is 15.6 Å². The van der Waals surface area contributed by atoms with Gasteiger partial charge in [-0.3, -0.25) is 23.8 Å². The Kier molecular flexibility index (Phi) is 8.39. The third-order valence-corrected chi connectivity index (χ3v) is 9.60. The molecule has 0 aliphatic rings. The predicted molar refractivity (Wildman–Crippen MR) is 168 cm³/mol. The number of pyridine rings is 1. The fourth-order valence-corrected chi connectivity index (χ4v) is 6.57. The van der Waals surface area contributed by atoms with Crippen LogP contribution in [0.3, 0.4) is 0 Å². The summed E-state index contributed by atoms with van der Waals surface area (Å²) in [7, 11) is 1.23. The monoisotopic (exact) mass is 656 g/mol.